The van der Waals surface area contributed by atoms with Gasteiger partial charge in [-0.25, -0.2) is 0 Å². The lowest BCUT2D eigenvalue weighted by molar-refractivity contribution is 0.101. The first-order chi connectivity index (χ1) is 7.31. The molecule has 76 valence electrons. The first-order valence-electron chi connectivity index (χ1n) is 4.55. The number of halogens is 1. The fourth-order valence-electron chi connectivity index (χ4n) is 1.30. The summed E-state index contributed by atoms with van der Waals surface area (Å²) in [5, 5.41) is 0.620. The maximum absolute atomic E-state index is 11.9. The molecule has 2 rings (SSSR count). The molecule has 0 amide bonds. The third kappa shape index (κ3) is 2.18. The van der Waals surface area contributed by atoms with Gasteiger partial charge in [-0.15, -0.1) is 0 Å². The Morgan fingerprint density at radius 3 is 2.47 bits per heavy atom. The van der Waals surface area contributed by atoms with Crippen molar-refractivity contribution in [3.8, 4) is 0 Å². The van der Waals surface area contributed by atoms with Crippen LogP contribution in [0.15, 0.2) is 46.9 Å². The maximum atomic E-state index is 11.9. The van der Waals surface area contributed by atoms with E-state index in [1.54, 1.807) is 24.3 Å². The third-order valence-electron chi connectivity index (χ3n) is 2.05. The molecular formula is C12H9BrO2. The molecule has 0 atom stereocenters. The highest BCUT2D eigenvalue weighted by Crippen LogP contribution is 2.15. The van der Waals surface area contributed by atoms with Crippen molar-refractivity contribution in [2.24, 2.45) is 0 Å². The Morgan fingerprint density at radius 2 is 1.87 bits per heavy atom. The van der Waals surface area contributed by atoms with Crippen LogP contribution >= 0.6 is 15.9 Å². The topological polar surface area (TPSA) is 30.2 Å². The predicted octanol–water partition coefficient (Wildman–Crippen LogP) is 3.41. The van der Waals surface area contributed by atoms with Crippen molar-refractivity contribution in [2.75, 3.05) is 0 Å². The van der Waals surface area contributed by atoms with Crippen LogP contribution in [0, 0.1) is 0 Å². The first-order valence-corrected chi connectivity index (χ1v) is 5.68. The highest BCUT2D eigenvalue weighted by atomic mass is 79.9. The quantitative estimate of drug-likeness (QED) is 0.628. The van der Waals surface area contributed by atoms with Crippen molar-refractivity contribution in [1.29, 1.82) is 0 Å². The molecule has 3 heteroatoms. The Hall–Kier alpha value is -1.35. The monoisotopic (exact) mass is 264 g/mol. The molecule has 2 nitrogen and oxygen atoms in total. The van der Waals surface area contributed by atoms with Gasteiger partial charge in [-0.2, -0.15) is 0 Å². The molecule has 0 radical (unpaired) electrons. The van der Waals surface area contributed by atoms with E-state index < -0.39 is 0 Å². The summed E-state index contributed by atoms with van der Waals surface area (Å²) < 4.78 is 5.35. The van der Waals surface area contributed by atoms with E-state index in [1.807, 2.05) is 18.2 Å². The van der Waals surface area contributed by atoms with Crippen LogP contribution in [0.25, 0.3) is 0 Å². The summed E-state index contributed by atoms with van der Waals surface area (Å²) >= 11 is 3.27. The second-order valence-corrected chi connectivity index (χ2v) is 3.66. The van der Waals surface area contributed by atoms with Gasteiger partial charge in [0.05, 0.1) is 5.33 Å². The number of hydrogen-bond acceptors (Lipinski definition) is 2. The summed E-state index contributed by atoms with van der Waals surface area (Å²) in [6, 6.07) is 12.6. The lowest BCUT2D eigenvalue weighted by Crippen LogP contribution is -1.98. The molecular weight excluding hydrogens is 256 g/mol. The summed E-state index contributed by atoms with van der Waals surface area (Å²) in [6.45, 7) is 0. The number of furan rings is 1. The molecule has 0 aliphatic rings. The van der Waals surface area contributed by atoms with Crippen LogP contribution in [0.3, 0.4) is 0 Å². The van der Waals surface area contributed by atoms with Crippen LogP contribution in [-0.4, -0.2) is 5.78 Å². The molecule has 0 spiro atoms. The fourth-order valence-corrected chi connectivity index (χ4v) is 1.60. The molecule has 0 aliphatic carbocycles. The molecule has 1 heterocycles. The molecule has 0 saturated heterocycles. The Bertz CT molecular complexity index is 459. The molecule has 0 aliphatic heterocycles. The summed E-state index contributed by atoms with van der Waals surface area (Å²) in [6.07, 6.45) is 0. The largest absolute Gasteiger partial charge is 0.457 e. The van der Waals surface area contributed by atoms with Crippen molar-refractivity contribution >= 4 is 21.7 Å². The second-order valence-electron chi connectivity index (χ2n) is 3.09. The minimum absolute atomic E-state index is 0.0807. The molecule has 1 aromatic carbocycles. The van der Waals surface area contributed by atoms with Crippen LogP contribution in [0.4, 0.5) is 0 Å². The van der Waals surface area contributed by atoms with Gasteiger partial charge in [-0.3, -0.25) is 4.79 Å². The summed E-state index contributed by atoms with van der Waals surface area (Å²) in [4.78, 5) is 11.9. The van der Waals surface area contributed by atoms with Gasteiger partial charge in [0.25, 0.3) is 0 Å². The van der Waals surface area contributed by atoms with E-state index in [0.717, 1.165) is 5.76 Å². The summed E-state index contributed by atoms with van der Waals surface area (Å²) in [5.74, 6) is 1.06. The number of alkyl halides is 1. The highest BCUT2D eigenvalue weighted by Gasteiger charge is 2.12. The van der Waals surface area contributed by atoms with Gasteiger partial charge in [-0.1, -0.05) is 46.3 Å². The summed E-state index contributed by atoms with van der Waals surface area (Å²) in [7, 11) is 0. The standard InChI is InChI=1S/C12H9BrO2/c13-8-10-6-7-11(15-10)12(14)9-4-2-1-3-5-9/h1-7H,8H2. The average molecular weight is 265 g/mol. The molecule has 2 aromatic rings. The second kappa shape index (κ2) is 4.45. The van der Waals surface area contributed by atoms with Gasteiger partial charge < -0.3 is 4.42 Å². The molecule has 0 unspecified atom stereocenters. The highest BCUT2D eigenvalue weighted by molar-refractivity contribution is 9.08. The molecule has 1 aromatic heterocycles. The average Bonchev–Trinajstić information content (AvgIpc) is 2.78. The van der Waals surface area contributed by atoms with E-state index in [1.165, 1.54) is 0 Å². The molecule has 0 N–H and O–H groups in total. The van der Waals surface area contributed by atoms with Crippen LogP contribution in [-0.2, 0) is 5.33 Å². The lowest BCUT2D eigenvalue weighted by Gasteiger charge is -1.96. The van der Waals surface area contributed by atoms with E-state index >= 15 is 0 Å². The van der Waals surface area contributed by atoms with Crippen LogP contribution in [0.1, 0.15) is 21.9 Å². The SMILES string of the molecule is O=C(c1ccccc1)c1ccc(CBr)o1. The number of ketones is 1. The third-order valence-corrected chi connectivity index (χ3v) is 2.61. The Balaban J connectivity index is 2.29. The number of carbonyl (C=O) groups excluding carboxylic acids is 1. The van der Waals surface area contributed by atoms with Crippen molar-refractivity contribution in [3.05, 3.63) is 59.5 Å². The normalized spacial score (nSPS) is 10.2. The Kier molecular flexibility index (Phi) is 3.02. The van der Waals surface area contributed by atoms with E-state index in [4.69, 9.17) is 4.42 Å². The zero-order chi connectivity index (χ0) is 10.7. The zero-order valence-corrected chi connectivity index (χ0v) is 9.53. The number of rotatable bonds is 3. The predicted molar refractivity (Wildman–Crippen MR) is 61.2 cm³/mol. The van der Waals surface area contributed by atoms with Gasteiger partial charge in [-0.05, 0) is 12.1 Å². The van der Waals surface area contributed by atoms with Gasteiger partial charge in [0.2, 0.25) is 5.78 Å². The van der Waals surface area contributed by atoms with Crippen molar-refractivity contribution < 1.29 is 9.21 Å². The first kappa shape index (κ1) is 10.2. The summed E-state index contributed by atoms with van der Waals surface area (Å²) in [5.41, 5.74) is 0.646. The molecule has 15 heavy (non-hydrogen) atoms. The minimum atomic E-state index is -0.0807. The van der Waals surface area contributed by atoms with Gasteiger partial charge in [0, 0.05) is 5.56 Å². The van der Waals surface area contributed by atoms with Crippen LogP contribution < -0.4 is 0 Å². The number of carbonyl (C=O) groups is 1. The van der Waals surface area contributed by atoms with Gasteiger partial charge in [0.1, 0.15) is 5.76 Å². The minimum Gasteiger partial charge on any atom is -0.457 e. The van der Waals surface area contributed by atoms with Crippen molar-refractivity contribution in [2.45, 2.75) is 5.33 Å². The van der Waals surface area contributed by atoms with Gasteiger partial charge in [0.15, 0.2) is 5.76 Å². The maximum Gasteiger partial charge on any atom is 0.228 e. The van der Waals surface area contributed by atoms with Crippen LogP contribution in [0.2, 0.25) is 0 Å². The Morgan fingerprint density at radius 1 is 1.13 bits per heavy atom. The van der Waals surface area contributed by atoms with E-state index in [0.29, 0.717) is 16.7 Å². The van der Waals surface area contributed by atoms with Gasteiger partial charge >= 0.3 is 0 Å². The van der Waals surface area contributed by atoms with E-state index in [2.05, 4.69) is 15.9 Å². The smallest absolute Gasteiger partial charge is 0.228 e. The lowest BCUT2D eigenvalue weighted by atomic mass is 10.1. The fraction of sp³-hybridized carbons (Fsp3) is 0.0833. The molecule has 0 bridgehead atoms. The zero-order valence-electron chi connectivity index (χ0n) is 7.94. The van der Waals surface area contributed by atoms with Crippen molar-refractivity contribution in [1.82, 2.24) is 0 Å². The number of hydrogen-bond donors (Lipinski definition) is 0. The number of benzene rings is 1. The molecule has 0 fully saturated rings. The Labute approximate surface area is 96.0 Å². The van der Waals surface area contributed by atoms with Crippen molar-refractivity contribution in [3.63, 3.8) is 0 Å². The van der Waals surface area contributed by atoms with E-state index in [9.17, 15) is 4.79 Å². The van der Waals surface area contributed by atoms with Crippen LogP contribution in [0.5, 0.6) is 0 Å². The molecule has 0 saturated carbocycles. The van der Waals surface area contributed by atoms with E-state index in [-0.39, 0.29) is 5.78 Å².